The SMILES string of the molecule is O=C1/C(=C\c2cc(Cl)c(OS(=O)(=O)c3ccc(Cl)cc3)c(Cl)c2)C(c2ccccc2)=NN1c1ccccc1. The molecule has 1 aliphatic heterocycles. The van der Waals surface area contributed by atoms with Gasteiger partial charge in [-0.15, -0.1) is 0 Å². The molecule has 1 amide bonds. The number of carbonyl (C=O) groups excluding carboxylic acids is 1. The maximum atomic E-state index is 13.5. The second-order valence-corrected chi connectivity index (χ2v) is 10.9. The fourth-order valence-electron chi connectivity index (χ4n) is 3.77. The van der Waals surface area contributed by atoms with Crippen LogP contribution in [0.4, 0.5) is 5.69 Å². The van der Waals surface area contributed by atoms with Crippen LogP contribution in [0.2, 0.25) is 15.1 Å². The molecule has 4 aromatic carbocycles. The Morgan fingerprint density at radius 2 is 1.37 bits per heavy atom. The molecule has 0 saturated carbocycles. The summed E-state index contributed by atoms with van der Waals surface area (Å²) in [6.07, 6.45) is 1.60. The lowest BCUT2D eigenvalue weighted by Gasteiger charge is -2.12. The van der Waals surface area contributed by atoms with Crippen molar-refractivity contribution in [3.05, 3.63) is 129 Å². The molecule has 0 unspecified atom stereocenters. The van der Waals surface area contributed by atoms with Crippen molar-refractivity contribution in [1.29, 1.82) is 0 Å². The van der Waals surface area contributed by atoms with Crippen LogP contribution >= 0.6 is 34.8 Å². The molecule has 0 aliphatic carbocycles. The van der Waals surface area contributed by atoms with Gasteiger partial charge in [-0.25, -0.2) is 0 Å². The van der Waals surface area contributed by atoms with Crippen LogP contribution < -0.4 is 9.19 Å². The number of anilines is 1. The van der Waals surface area contributed by atoms with Gasteiger partial charge in [-0.2, -0.15) is 18.5 Å². The van der Waals surface area contributed by atoms with Crippen molar-refractivity contribution >= 4 is 68.3 Å². The van der Waals surface area contributed by atoms with Crippen molar-refractivity contribution in [2.45, 2.75) is 4.90 Å². The summed E-state index contributed by atoms with van der Waals surface area (Å²) in [5.41, 5.74) is 2.60. The van der Waals surface area contributed by atoms with Crippen molar-refractivity contribution in [2.75, 3.05) is 5.01 Å². The second-order valence-electron chi connectivity index (χ2n) is 8.13. The van der Waals surface area contributed by atoms with Crippen molar-refractivity contribution in [1.82, 2.24) is 0 Å². The minimum Gasteiger partial charge on any atom is -0.376 e. The molecule has 0 N–H and O–H groups in total. The number of nitrogens with zero attached hydrogens (tertiary/aromatic N) is 2. The highest BCUT2D eigenvalue weighted by Crippen LogP contribution is 2.37. The van der Waals surface area contributed by atoms with Crippen molar-refractivity contribution in [3.8, 4) is 5.75 Å². The lowest BCUT2D eigenvalue weighted by molar-refractivity contribution is -0.114. The van der Waals surface area contributed by atoms with Crippen LogP contribution in [0.3, 0.4) is 0 Å². The molecule has 1 heterocycles. The maximum Gasteiger partial charge on any atom is 0.339 e. The normalized spacial score (nSPS) is 14.6. The van der Waals surface area contributed by atoms with Crippen LogP contribution in [0, 0.1) is 0 Å². The predicted molar refractivity (Wildman–Crippen MR) is 151 cm³/mol. The van der Waals surface area contributed by atoms with Gasteiger partial charge in [0, 0.05) is 10.6 Å². The van der Waals surface area contributed by atoms with E-state index in [9.17, 15) is 13.2 Å². The molecule has 0 atom stereocenters. The van der Waals surface area contributed by atoms with Crippen LogP contribution in [0.5, 0.6) is 5.75 Å². The van der Waals surface area contributed by atoms with Gasteiger partial charge >= 0.3 is 10.1 Å². The van der Waals surface area contributed by atoms with Gasteiger partial charge in [-0.05, 0) is 60.2 Å². The number of rotatable bonds is 6. The van der Waals surface area contributed by atoms with Crippen molar-refractivity contribution in [2.24, 2.45) is 5.10 Å². The van der Waals surface area contributed by atoms with Gasteiger partial charge in [-0.3, -0.25) is 4.79 Å². The summed E-state index contributed by atoms with van der Waals surface area (Å²) < 4.78 is 30.7. The minimum atomic E-state index is -4.22. The Balaban J connectivity index is 1.52. The average molecular weight is 584 g/mol. The monoisotopic (exact) mass is 582 g/mol. The number of para-hydroxylation sites is 1. The molecule has 5 rings (SSSR count). The van der Waals surface area contributed by atoms with Crippen molar-refractivity contribution < 1.29 is 17.4 Å². The van der Waals surface area contributed by atoms with E-state index in [0.29, 0.717) is 27.6 Å². The van der Waals surface area contributed by atoms with E-state index in [1.165, 1.54) is 41.4 Å². The number of halogens is 3. The Hall–Kier alpha value is -3.62. The fraction of sp³-hybridized carbons (Fsp3) is 0. The standard InChI is InChI=1S/C28H17Cl3N2O4S/c29-20-11-13-22(14-12-20)38(35,36)37-27-24(30)16-18(17-25(27)31)15-23-26(19-7-3-1-4-8-19)32-33(28(23)34)21-9-5-2-6-10-21/h1-17H/b23-15-. The third kappa shape index (κ3) is 5.33. The molecular weight excluding hydrogens is 567 g/mol. The van der Waals surface area contributed by atoms with E-state index in [1.807, 2.05) is 48.5 Å². The first-order valence-electron chi connectivity index (χ1n) is 11.2. The number of hydrogen-bond acceptors (Lipinski definition) is 5. The largest absolute Gasteiger partial charge is 0.376 e. The predicted octanol–water partition coefficient (Wildman–Crippen LogP) is 7.25. The fourth-order valence-corrected chi connectivity index (χ4v) is 5.53. The Labute approximate surface area is 234 Å². The molecule has 0 spiro atoms. The van der Waals surface area contributed by atoms with Crippen LogP contribution in [0.25, 0.3) is 6.08 Å². The molecule has 0 bridgehead atoms. The van der Waals surface area contributed by atoms with Gasteiger partial charge in [-0.1, -0.05) is 83.3 Å². The number of amides is 1. The molecule has 0 radical (unpaired) electrons. The zero-order valence-electron chi connectivity index (χ0n) is 19.4. The summed E-state index contributed by atoms with van der Waals surface area (Å²) >= 11 is 18.7. The van der Waals surface area contributed by atoms with Crippen molar-refractivity contribution in [3.63, 3.8) is 0 Å². The van der Waals surface area contributed by atoms with E-state index in [1.54, 1.807) is 18.2 Å². The second kappa shape index (κ2) is 10.6. The molecule has 4 aromatic rings. The zero-order valence-corrected chi connectivity index (χ0v) is 22.5. The van der Waals surface area contributed by atoms with E-state index in [4.69, 9.17) is 39.0 Å². The first-order chi connectivity index (χ1) is 18.2. The molecule has 10 heteroatoms. The number of carbonyl (C=O) groups is 1. The maximum absolute atomic E-state index is 13.5. The molecule has 6 nitrogen and oxygen atoms in total. The average Bonchev–Trinajstić information content (AvgIpc) is 3.23. The summed E-state index contributed by atoms with van der Waals surface area (Å²) in [5, 5.41) is 6.19. The summed E-state index contributed by atoms with van der Waals surface area (Å²) in [4.78, 5) is 13.4. The van der Waals surface area contributed by atoms with Crippen LogP contribution in [-0.2, 0) is 14.9 Å². The van der Waals surface area contributed by atoms with Crippen LogP contribution in [0.1, 0.15) is 11.1 Å². The Kier molecular flexibility index (Phi) is 7.27. The zero-order chi connectivity index (χ0) is 26.9. The van der Waals surface area contributed by atoms with E-state index in [0.717, 1.165) is 5.56 Å². The molecule has 190 valence electrons. The van der Waals surface area contributed by atoms with E-state index >= 15 is 0 Å². The molecule has 0 saturated heterocycles. The third-order valence-corrected chi connectivity index (χ3v) is 7.60. The lowest BCUT2D eigenvalue weighted by Crippen LogP contribution is -2.21. The smallest absolute Gasteiger partial charge is 0.339 e. The van der Waals surface area contributed by atoms with Gasteiger partial charge in [0.15, 0.2) is 5.75 Å². The minimum absolute atomic E-state index is 0.0505. The van der Waals surface area contributed by atoms with E-state index in [2.05, 4.69) is 5.10 Å². The van der Waals surface area contributed by atoms with Gasteiger partial charge in [0.2, 0.25) is 0 Å². The van der Waals surface area contributed by atoms with Crippen LogP contribution in [0.15, 0.2) is 113 Å². The summed E-state index contributed by atoms with van der Waals surface area (Å²) in [7, 11) is -4.22. The third-order valence-electron chi connectivity index (χ3n) is 5.55. The quantitative estimate of drug-likeness (QED) is 0.177. The molecule has 1 aliphatic rings. The Morgan fingerprint density at radius 1 is 0.789 bits per heavy atom. The highest BCUT2D eigenvalue weighted by molar-refractivity contribution is 7.87. The Bertz CT molecular complexity index is 1670. The highest BCUT2D eigenvalue weighted by Gasteiger charge is 2.32. The molecule has 0 fully saturated rings. The van der Waals surface area contributed by atoms with E-state index in [-0.39, 0.29) is 26.6 Å². The summed E-state index contributed by atoms with van der Waals surface area (Å²) in [6.45, 7) is 0. The first-order valence-corrected chi connectivity index (χ1v) is 13.7. The topological polar surface area (TPSA) is 76.0 Å². The number of hydrazone groups is 1. The highest BCUT2D eigenvalue weighted by atomic mass is 35.5. The number of benzene rings is 4. The van der Waals surface area contributed by atoms with Gasteiger partial charge in [0.25, 0.3) is 5.91 Å². The molecular formula is C28H17Cl3N2O4S. The first kappa shape index (κ1) is 26.0. The van der Waals surface area contributed by atoms with E-state index < -0.39 is 10.1 Å². The summed E-state index contributed by atoms with van der Waals surface area (Å²) in [6, 6.07) is 26.8. The number of hydrogen-bond donors (Lipinski definition) is 0. The molecule has 0 aromatic heterocycles. The molecule has 38 heavy (non-hydrogen) atoms. The summed E-state index contributed by atoms with van der Waals surface area (Å²) in [5.74, 6) is -0.570. The lowest BCUT2D eigenvalue weighted by atomic mass is 10.00. The van der Waals surface area contributed by atoms with Gasteiger partial charge in [0.1, 0.15) is 10.6 Å². The van der Waals surface area contributed by atoms with Gasteiger partial charge < -0.3 is 4.18 Å². The Morgan fingerprint density at radius 3 is 1.97 bits per heavy atom. The van der Waals surface area contributed by atoms with Gasteiger partial charge in [0.05, 0.1) is 21.3 Å². The van der Waals surface area contributed by atoms with Crippen LogP contribution in [-0.4, -0.2) is 20.0 Å².